The zero-order valence-electron chi connectivity index (χ0n) is 17.4. The first kappa shape index (κ1) is 22.1. The van der Waals surface area contributed by atoms with Gasteiger partial charge in [-0.05, 0) is 50.5 Å². The summed E-state index contributed by atoms with van der Waals surface area (Å²) in [5.41, 5.74) is 1.41. The summed E-state index contributed by atoms with van der Waals surface area (Å²) >= 11 is 0. The number of aromatic nitrogens is 2. The van der Waals surface area contributed by atoms with Gasteiger partial charge in [-0.15, -0.1) is 0 Å². The van der Waals surface area contributed by atoms with E-state index in [-0.39, 0.29) is 23.3 Å². The molecule has 0 aliphatic carbocycles. The number of anilines is 2. The summed E-state index contributed by atoms with van der Waals surface area (Å²) in [4.78, 5) is 22.3. The Labute approximate surface area is 179 Å². The van der Waals surface area contributed by atoms with E-state index in [0.29, 0.717) is 23.4 Å². The van der Waals surface area contributed by atoms with Crippen molar-refractivity contribution in [3.05, 3.63) is 65.9 Å². The van der Waals surface area contributed by atoms with E-state index in [1.54, 1.807) is 24.3 Å². The predicted molar refractivity (Wildman–Crippen MR) is 115 cm³/mol. The van der Waals surface area contributed by atoms with Crippen molar-refractivity contribution in [2.24, 2.45) is 0 Å². The molecule has 0 atom stereocenters. The van der Waals surface area contributed by atoms with Crippen LogP contribution in [0.5, 0.6) is 5.75 Å². The van der Waals surface area contributed by atoms with Gasteiger partial charge >= 0.3 is 0 Å². The minimum absolute atomic E-state index is 0.0220. The third kappa shape index (κ3) is 5.73. The van der Waals surface area contributed by atoms with E-state index in [4.69, 9.17) is 4.74 Å². The molecular weight excluding hydrogens is 404 g/mol. The normalized spacial score (nSPS) is 10.8. The van der Waals surface area contributed by atoms with Crippen LogP contribution in [0.3, 0.4) is 0 Å². The molecule has 162 valence electrons. The van der Waals surface area contributed by atoms with Crippen LogP contribution in [-0.4, -0.2) is 55.1 Å². The lowest BCUT2D eigenvalue weighted by Gasteiger charge is -2.12. The van der Waals surface area contributed by atoms with Gasteiger partial charge in [0.2, 0.25) is 5.95 Å². The minimum atomic E-state index is -0.666. The van der Waals surface area contributed by atoms with Crippen LogP contribution < -0.4 is 15.4 Å². The van der Waals surface area contributed by atoms with E-state index in [1.807, 2.05) is 19.0 Å². The number of carbonyl (C=O) groups is 1. The van der Waals surface area contributed by atoms with Crippen LogP contribution in [-0.2, 0) is 0 Å². The zero-order chi connectivity index (χ0) is 22.4. The molecule has 0 fully saturated rings. The Kier molecular flexibility index (Phi) is 7.09. The molecule has 0 aliphatic heterocycles. The minimum Gasteiger partial charge on any atom is -0.496 e. The van der Waals surface area contributed by atoms with Crippen molar-refractivity contribution in [3.8, 4) is 17.0 Å². The van der Waals surface area contributed by atoms with Gasteiger partial charge < -0.3 is 20.3 Å². The zero-order valence-corrected chi connectivity index (χ0v) is 17.4. The average Bonchev–Trinajstić information content (AvgIpc) is 2.75. The van der Waals surface area contributed by atoms with Crippen molar-refractivity contribution in [2.45, 2.75) is 0 Å². The Balaban J connectivity index is 1.75. The van der Waals surface area contributed by atoms with Gasteiger partial charge in [-0.25, -0.2) is 18.7 Å². The molecule has 0 bridgehead atoms. The van der Waals surface area contributed by atoms with Gasteiger partial charge in [0.25, 0.3) is 5.91 Å². The second-order valence-corrected chi connectivity index (χ2v) is 7.00. The van der Waals surface area contributed by atoms with Crippen LogP contribution in [0.2, 0.25) is 0 Å². The van der Waals surface area contributed by atoms with Crippen molar-refractivity contribution in [2.75, 3.05) is 39.6 Å². The first-order valence-corrected chi connectivity index (χ1v) is 9.54. The maximum absolute atomic E-state index is 14.4. The number of rotatable bonds is 8. The number of hydrogen-bond donors (Lipinski definition) is 2. The fraction of sp³-hybridized carbons (Fsp3) is 0.227. The highest BCUT2D eigenvalue weighted by molar-refractivity contribution is 5.94. The van der Waals surface area contributed by atoms with Crippen LogP contribution >= 0.6 is 0 Å². The highest BCUT2D eigenvalue weighted by Gasteiger charge is 2.15. The smallest absolute Gasteiger partial charge is 0.251 e. The maximum Gasteiger partial charge on any atom is 0.251 e. The van der Waals surface area contributed by atoms with E-state index in [1.165, 1.54) is 19.2 Å². The SMILES string of the molecule is COc1cc(F)ccc1-c1nc(Nc2ccc(C(=O)NCCN(C)C)cc2)ncc1F. The van der Waals surface area contributed by atoms with Crippen LogP contribution in [0.1, 0.15) is 10.4 Å². The molecule has 9 heteroatoms. The number of likely N-dealkylation sites (N-methyl/N-ethyl adjacent to an activating group) is 1. The lowest BCUT2D eigenvalue weighted by atomic mass is 10.1. The number of benzene rings is 2. The molecule has 0 saturated carbocycles. The van der Waals surface area contributed by atoms with Gasteiger partial charge in [0.15, 0.2) is 5.82 Å². The molecule has 0 radical (unpaired) electrons. The summed E-state index contributed by atoms with van der Waals surface area (Å²) in [6.07, 6.45) is 1.03. The topological polar surface area (TPSA) is 79.4 Å². The van der Waals surface area contributed by atoms with Crippen molar-refractivity contribution >= 4 is 17.5 Å². The number of nitrogens with zero attached hydrogens (tertiary/aromatic N) is 3. The lowest BCUT2D eigenvalue weighted by Crippen LogP contribution is -2.31. The molecule has 0 unspecified atom stereocenters. The van der Waals surface area contributed by atoms with Crippen LogP contribution in [0, 0.1) is 11.6 Å². The van der Waals surface area contributed by atoms with Crippen LogP contribution in [0.4, 0.5) is 20.4 Å². The summed E-state index contributed by atoms with van der Waals surface area (Å²) in [5, 5.41) is 5.81. The third-order valence-electron chi connectivity index (χ3n) is 4.41. The lowest BCUT2D eigenvalue weighted by molar-refractivity contribution is 0.0951. The summed E-state index contributed by atoms with van der Waals surface area (Å²) in [6, 6.07) is 10.5. The monoisotopic (exact) mass is 427 g/mol. The fourth-order valence-electron chi connectivity index (χ4n) is 2.81. The number of carbonyl (C=O) groups excluding carboxylic acids is 1. The molecule has 3 aromatic rings. The molecule has 1 heterocycles. The quantitative estimate of drug-likeness (QED) is 0.573. The highest BCUT2D eigenvalue weighted by Crippen LogP contribution is 2.31. The van der Waals surface area contributed by atoms with Crippen molar-refractivity contribution < 1.29 is 18.3 Å². The van der Waals surface area contributed by atoms with E-state index in [0.717, 1.165) is 18.8 Å². The van der Waals surface area contributed by atoms with Crippen LogP contribution in [0.25, 0.3) is 11.3 Å². The maximum atomic E-state index is 14.4. The summed E-state index contributed by atoms with van der Waals surface area (Å²) < 4.78 is 33.0. The van der Waals surface area contributed by atoms with E-state index >= 15 is 0 Å². The number of ether oxygens (including phenoxy) is 1. The summed E-state index contributed by atoms with van der Waals surface area (Å²) in [7, 11) is 5.23. The molecule has 2 N–H and O–H groups in total. The van der Waals surface area contributed by atoms with Crippen molar-refractivity contribution in [1.29, 1.82) is 0 Å². The molecule has 0 saturated heterocycles. The summed E-state index contributed by atoms with van der Waals surface area (Å²) in [5.74, 6) is -1.03. The van der Waals surface area contributed by atoms with Gasteiger partial charge in [0.05, 0.1) is 13.3 Å². The Morgan fingerprint density at radius 1 is 1.13 bits per heavy atom. The Bertz CT molecular complexity index is 1060. The van der Waals surface area contributed by atoms with Gasteiger partial charge in [-0.1, -0.05) is 0 Å². The first-order valence-electron chi connectivity index (χ1n) is 9.54. The fourth-order valence-corrected chi connectivity index (χ4v) is 2.81. The van der Waals surface area contributed by atoms with E-state index < -0.39 is 11.6 Å². The molecule has 2 aromatic carbocycles. The van der Waals surface area contributed by atoms with Crippen LogP contribution in [0.15, 0.2) is 48.7 Å². The Morgan fingerprint density at radius 3 is 2.55 bits per heavy atom. The standard InChI is InChI=1S/C22H23F2N5O2/c1-29(2)11-10-25-21(30)14-4-7-16(8-5-14)27-22-26-13-18(24)20(28-22)17-9-6-15(23)12-19(17)31-3/h4-9,12-13H,10-11H2,1-3H3,(H,25,30)(H,26,27,28). The van der Waals surface area contributed by atoms with Gasteiger partial charge in [-0.3, -0.25) is 4.79 Å². The number of halogens is 2. The predicted octanol–water partition coefficient (Wildman–Crippen LogP) is 3.47. The molecule has 0 aliphatic rings. The number of hydrogen-bond acceptors (Lipinski definition) is 6. The molecule has 1 aromatic heterocycles. The third-order valence-corrected chi connectivity index (χ3v) is 4.41. The average molecular weight is 427 g/mol. The van der Waals surface area contributed by atoms with Gasteiger partial charge in [0, 0.05) is 36.0 Å². The molecular formula is C22H23F2N5O2. The van der Waals surface area contributed by atoms with E-state index in [2.05, 4.69) is 20.6 Å². The number of methoxy groups -OCH3 is 1. The summed E-state index contributed by atoms with van der Waals surface area (Å²) in [6.45, 7) is 1.29. The van der Waals surface area contributed by atoms with Crippen molar-refractivity contribution in [1.82, 2.24) is 20.2 Å². The second-order valence-electron chi connectivity index (χ2n) is 7.00. The van der Waals surface area contributed by atoms with Gasteiger partial charge in [-0.2, -0.15) is 0 Å². The highest BCUT2D eigenvalue weighted by atomic mass is 19.1. The molecule has 3 rings (SSSR count). The molecule has 0 spiro atoms. The van der Waals surface area contributed by atoms with Crippen molar-refractivity contribution in [3.63, 3.8) is 0 Å². The first-order chi connectivity index (χ1) is 14.9. The second kappa shape index (κ2) is 9.94. The Morgan fingerprint density at radius 2 is 1.87 bits per heavy atom. The number of nitrogens with one attached hydrogen (secondary N) is 2. The van der Waals surface area contributed by atoms with E-state index in [9.17, 15) is 13.6 Å². The van der Waals surface area contributed by atoms with Gasteiger partial charge in [0.1, 0.15) is 17.3 Å². The molecule has 1 amide bonds. The largest absolute Gasteiger partial charge is 0.496 e. The molecule has 31 heavy (non-hydrogen) atoms. The molecule has 7 nitrogen and oxygen atoms in total. The number of amides is 1. The Hall–Kier alpha value is -3.59.